The zero-order valence-electron chi connectivity index (χ0n) is 13.0. The van der Waals surface area contributed by atoms with Crippen LogP contribution in [0.3, 0.4) is 0 Å². The standard InChI is InChI=1S/C18H24O3/c1-17-6-3-11(19)9-15(17)16(20)10-12-13(17)4-7-18(2)14(12)5-8-21-18/h9,12-14H,3-8,10H2,1-2H3/t12-,13+,14+,17-,18+/m1/s1. The summed E-state index contributed by atoms with van der Waals surface area (Å²) in [4.78, 5) is 24.4. The van der Waals surface area contributed by atoms with Gasteiger partial charge in [-0.05, 0) is 61.9 Å². The minimum Gasteiger partial charge on any atom is -0.375 e. The lowest BCUT2D eigenvalue weighted by molar-refractivity contribution is -0.134. The number of allylic oxidation sites excluding steroid dienone is 2. The molecular weight excluding hydrogens is 264 g/mol. The minimum atomic E-state index is -0.0716. The number of carbonyl (C=O) groups excluding carboxylic acids is 2. The maximum atomic E-state index is 12.7. The summed E-state index contributed by atoms with van der Waals surface area (Å²) in [6.07, 6.45) is 7.09. The Morgan fingerprint density at radius 1 is 1.14 bits per heavy atom. The quantitative estimate of drug-likeness (QED) is 0.688. The second-order valence-corrected chi connectivity index (χ2v) is 7.93. The Kier molecular flexibility index (Phi) is 2.79. The molecule has 3 nitrogen and oxygen atoms in total. The summed E-state index contributed by atoms with van der Waals surface area (Å²) >= 11 is 0. The molecule has 0 aromatic carbocycles. The third-order valence-electron chi connectivity index (χ3n) is 6.98. The smallest absolute Gasteiger partial charge is 0.159 e. The SMILES string of the molecule is C[C@]12CCC(=O)C=C1C(=O)C[C@@H]1[C@@H]2CC[C@]2(C)OCC[C@@H]12. The van der Waals surface area contributed by atoms with E-state index >= 15 is 0 Å². The lowest BCUT2D eigenvalue weighted by Gasteiger charge is -2.55. The fourth-order valence-electron chi connectivity index (χ4n) is 5.79. The van der Waals surface area contributed by atoms with Crippen LogP contribution in [-0.4, -0.2) is 23.8 Å². The van der Waals surface area contributed by atoms with E-state index in [1.54, 1.807) is 6.08 Å². The van der Waals surface area contributed by atoms with Crippen molar-refractivity contribution in [1.29, 1.82) is 0 Å². The first-order valence-corrected chi connectivity index (χ1v) is 8.36. The average molecular weight is 288 g/mol. The van der Waals surface area contributed by atoms with Crippen molar-refractivity contribution in [3.8, 4) is 0 Å². The highest BCUT2D eigenvalue weighted by Crippen LogP contribution is 2.61. The molecule has 1 heterocycles. The third kappa shape index (κ3) is 1.76. The molecule has 1 aliphatic heterocycles. The van der Waals surface area contributed by atoms with Gasteiger partial charge in [0.25, 0.3) is 0 Å². The predicted octanol–water partition coefficient (Wildman–Crippen LogP) is 3.08. The topological polar surface area (TPSA) is 43.4 Å². The maximum Gasteiger partial charge on any atom is 0.159 e. The lowest BCUT2D eigenvalue weighted by Crippen LogP contribution is -2.54. The molecule has 3 heteroatoms. The fraction of sp³-hybridized carbons (Fsp3) is 0.778. The second kappa shape index (κ2) is 4.28. The number of hydrogen-bond donors (Lipinski definition) is 0. The number of hydrogen-bond acceptors (Lipinski definition) is 3. The molecule has 4 aliphatic rings. The molecule has 21 heavy (non-hydrogen) atoms. The van der Waals surface area contributed by atoms with Crippen molar-refractivity contribution in [1.82, 2.24) is 0 Å². The molecule has 5 atom stereocenters. The number of Topliss-reactive ketones (excluding diaryl/α,β-unsaturated/α-hetero) is 1. The van der Waals surface area contributed by atoms with Crippen LogP contribution >= 0.6 is 0 Å². The van der Waals surface area contributed by atoms with Crippen molar-refractivity contribution in [2.45, 2.75) is 58.0 Å². The van der Waals surface area contributed by atoms with Gasteiger partial charge in [0.15, 0.2) is 11.6 Å². The van der Waals surface area contributed by atoms with Crippen LogP contribution in [-0.2, 0) is 14.3 Å². The van der Waals surface area contributed by atoms with Crippen LogP contribution < -0.4 is 0 Å². The Morgan fingerprint density at radius 2 is 1.95 bits per heavy atom. The molecule has 2 saturated carbocycles. The van der Waals surface area contributed by atoms with Crippen LogP contribution in [0.5, 0.6) is 0 Å². The third-order valence-corrected chi connectivity index (χ3v) is 6.98. The van der Waals surface area contributed by atoms with Crippen LogP contribution in [0.25, 0.3) is 0 Å². The molecule has 0 spiro atoms. The maximum absolute atomic E-state index is 12.7. The normalized spacial score (nSPS) is 49.2. The Labute approximate surface area is 126 Å². The van der Waals surface area contributed by atoms with Gasteiger partial charge < -0.3 is 4.74 Å². The largest absolute Gasteiger partial charge is 0.375 e. The summed E-state index contributed by atoms with van der Waals surface area (Å²) in [5.74, 6) is 1.89. The molecule has 0 N–H and O–H groups in total. The Bertz CT molecular complexity index is 549. The predicted molar refractivity (Wildman–Crippen MR) is 78.7 cm³/mol. The molecule has 0 amide bonds. The molecule has 0 radical (unpaired) electrons. The summed E-state index contributed by atoms with van der Waals surface area (Å²) in [7, 11) is 0. The minimum absolute atomic E-state index is 0.0104. The molecule has 0 bridgehead atoms. The van der Waals surface area contributed by atoms with E-state index in [2.05, 4.69) is 13.8 Å². The first-order valence-electron chi connectivity index (χ1n) is 8.36. The number of ketones is 2. The van der Waals surface area contributed by atoms with E-state index in [1.807, 2.05) is 0 Å². The zero-order valence-corrected chi connectivity index (χ0v) is 13.0. The number of rotatable bonds is 0. The number of carbonyl (C=O) groups is 2. The van der Waals surface area contributed by atoms with Crippen molar-refractivity contribution in [2.24, 2.45) is 23.2 Å². The van der Waals surface area contributed by atoms with Crippen LogP contribution in [0, 0.1) is 23.2 Å². The monoisotopic (exact) mass is 288 g/mol. The molecule has 4 rings (SSSR count). The highest BCUT2D eigenvalue weighted by atomic mass is 16.5. The summed E-state index contributed by atoms with van der Waals surface area (Å²) < 4.78 is 6.03. The van der Waals surface area contributed by atoms with Gasteiger partial charge in [-0.3, -0.25) is 9.59 Å². The molecule has 0 aromatic rings. The van der Waals surface area contributed by atoms with Gasteiger partial charge in [0.05, 0.1) is 5.60 Å². The van der Waals surface area contributed by atoms with Crippen LogP contribution in [0.2, 0.25) is 0 Å². The number of fused-ring (bicyclic) bond motifs is 5. The van der Waals surface area contributed by atoms with E-state index in [0.29, 0.717) is 30.6 Å². The van der Waals surface area contributed by atoms with Crippen LogP contribution in [0.4, 0.5) is 0 Å². The van der Waals surface area contributed by atoms with Crippen molar-refractivity contribution in [3.63, 3.8) is 0 Å². The summed E-state index contributed by atoms with van der Waals surface area (Å²) in [6, 6.07) is 0. The average Bonchev–Trinajstić information content (AvgIpc) is 2.83. The Hall–Kier alpha value is -0.960. The first-order chi connectivity index (χ1) is 9.94. The van der Waals surface area contributed by atoms with Gasteiger partial charge in [0.1, 0.15) is 0 Å². The van der Waals surface area contributed by atoms with Crippen molar-refractivity contribution >= 4 is 11.6 Å². The highest BCUT2D eigenvalue weighted by Gasteiger charge is 2.58. The van der Waals surface area contributed by atoms with E-state index in [4.69, 9.17) is 4.74 Å². The van der Waals surface area contributed by atoms with E-state index < -0.39 is 0 Å². The molecule has 0 aromatic heterocycles. The van der Waals surface area contributed by atoms with E-state index in [1.165, 1.54) is 0 Å². The summed E-state index contributed by atoms with van der Waals surface area (Å²) in [5, 5.41) is 0. The fourth-order valence-corrected chi connectivity index (χ4v) is 5.79. The molecule has 1 saturated heterocycles. The highest BCUT2D eigenvalue weighted by molar-refractivity contribution is 6.05. The van der Waals surface area contributed by atoms with Gasteiger partial charge >= 0.3 is 0 Å². The van der Waals surface area contributed by atoms with Crippen LogP contribution in [0.15, 0.2) is 11.6 Å². The van der Waals surface area contributed by atoms with Gasteiger partial charge in [-0.25, -0.2) is 0 Å². The Balaban J connectivity index is 1.75. The molecule has 114 valence electrons. The zero-order chi connectivity index (χ0) is 14.8. The lowest BCUT2D eigenvalue weighted by atomic mass is 9.48. The van der Waals surface area contributed by atoms with Gasteiger partial charge in [0, 0.05) is 25.0 Å². The van der Waals surface area contributed by atoms with Gasteiger partial charge in [-0.1, -0.05) is 6.92 Å². The first kappa shape index (κ1) is 13.7. The number of ether oxygens (including phenoxy) is 1. The van der Waals surface area contributed by atoms with Gasteiger partial charge in [0.2, 0.25) is 0 Å². The van der Waals surface area contributed by atoms with E-state index in [0.717, 1.165) is 37.9 Å². The van der Waals surface area contributed by atoms with Crippen molar-refractivity contribution in [2.75, 3.05) is 6.61 Å². The molecule has 3 aliphatic carbocycles. The summed E-state index contributed by atoms with van der Waals surface area (Å²) in [6.45, 7) is 5.32. The molecule has 3 fully saturated rings. The van der Waals surface area contributed by atoms with Crippen molar-refractivity contribution in [3.05, 3.63) is 11.6 Å². The van der Waals surface area contributed by atoms with Gasteiger partial charge in [-0.2, -0.15) is 0 Å². The molecule has 0 unspecified atom stereocenters. The second-order valence-electron chi connectivity index (χ2n) is 7.93. The summed E-state index contributed by atoms with van der Waals surface area (Å²) in [5.41, 5.74) is 0.754. The van der Waals surface area contributed by atoms with Crippen LogP contribution in [0.1, 0.15) is 52.4 Å². The van der Waals surface area contributed by atoms with Crippen molar-refractivity contribution < 1.29 is 14.3 Å². The van der Waals surface area contributed by atoms with Gasteiger partial charge in [-0.15, -0.1) is 0 Å². The van der Waals surface area contributed by atoms with E-state index in [9.17, 15) is 9.59 Å². The molecular formula is C18H24O3. The Morgan fingerprint density at radius 3 is 2.76 bits per heavy atom. The van der Waals surface area contributed by atoms with E-state index in [-0.39, 0.29) is 22.6 Å².